The van der Waals surface area contributed by atoms with Crippen LogP contribution in [0.15, 0.2) is 24.3 Å². The summed E-state index contributed by atoms with van der Waals surface area (Å²) in [5, 5.41) is 0. The zero-order valence-corrected chi connectivity index (χ0v) is 18.1. The average molecular weight is 486 g/mol. The van der Waals surface area contributed by atoms with E-state index < -0.39 is 16.8 Å². The van der Waals surface area contributed by atoms with Crippen LogP contribution in [0.5, 0.6) is 0 Å². The van der Waals surface area contributed by atoms with E-state index in [4.69, 9.17) is 104 Å². The first-order valence-electron chi connectivity index (χ1n) is 5.97. The van der Waals surface area contributed by atoms with E-state index in [1.807, 2.05) is 19.9 Å². The molecular weight excluding hydrogens is 475 g/mol. The fraction of sp³-hybridized carbons (Fsp3) is 0.538. The van der Waals surface area contributed by atoms with Gasteiger partial charge in [0.25, 0.3) is 0 Å². The van der Waals surface area contributed by atoms with Gasteiger partial charge in [-0.3, -0.25) is 0 Å². The topological polar surface area (TPSA) is 0 Å². The average Bonchev–Trinajstić information content (AvgIpc) is 2.37. The van der Waals surface area contributed by atoms with E-state index in [2.05, 4.69) is 0 Å². The van der Waals surface area contributed by atoms with Gasteiger partial charge in [-0.2, -0.15) is 0 Å². The maximum absolute atomic E-state index is 6.38. The summed E-state index contributed by atoms with van der Waals surface area (Å²) in [4.78, 5) is 0. The van der Waals surface area contributed by atoms with Gasteiger partial charge in [-0.15, -0.1) is 0 Å². The largest absolute Gasteiger partial charge is 0.226 e. The molecule has 0 bridgehead atoms. The molecule has 0 aliphatic carbocycles. The monoisotopic (exact) mass is 482 g/mol. The highest BCUT2D eigenvalue weighted by molar-refractivity contribution is 6.80. The first kappa shape index (κ1) is 21.9. The zero-order chi connectivity index (χ0) is 17.6. The first-order valence-corrected chi connectivity index (χ1v) is 9.37. The molecule has 0 aliphatic heterocycles. The summed E-state index contributed by atoms with van der Waals surface area (Å²) in [6, 6.07) is 7.04. The van der Waals surface area contributed by atoms with Crippen LogP contribution < -0.4 is 0 Å². The van der Waals surface area contributed by atoms with Crippen LogP contribution in [0, 0.1) is 0 Å². The molecule has 0 atom stereocenters. The Bertz CT molecular complexity index is 529. The minimum atomic E-state index is -2.29. The van der Waals surface area contributed by atoms with Gasteiger partial charge in [0.1, 0.15) is 0 Å². The molecule has 0 radical (unpaired) electrons. The Balaban J connectivity index is 3.42. The van der Waals surface area contributed by atoms with Crippen molar-refractivity contribution < 1.29 is 0 Å². The van der Waals surface area contributed by atoms with Gasteiger partial charge in [0, 0.05) is 0 Å². The van der Waals surface area contributed by atoms with E-state index in [0.29, 0.717) is 5.56 Å². The van der Waals surface area contributed by atoms with Crippen molar-refractivity contribution in [2.24, 2.45) is 0 Å². The Labute approximate surface area is 175 Å². The maximum Gasteiger partial charge on any atom is 0.226 e. The van der Waals surface area contributed by atoms with Crippen molar-refractivity contribution in [2.45, 2.75) is 36.6 Å². The predicted molar refractivity (Wildman–Crippen MR) is 103 cm³/mol. The SMILES string of the molecule is CC(C)c1cccc(C(Cl)(Cl)C(Cl)(Cl)C(Cl)(Cl)C(Cl)(Cl)Cl)c1. The van der Waals surface area contributed by atoms with Crippen molar-refractivity contribution >= 4 is 104 Å². The minimum Gasteiger partial charge on any atom is -0.0943 e. The molecule has 1 aromatic carbocycles. The summed E-state index contributed by atoms with van der Waals surface area (Å²) < 4.78 is -8.68. The van der Waals surface area contributed by atoms with Crippen LogP contribution in [0.25, 0.3) is 0 Å². The lowest BCUT2D eigenvalue weighted by atomic mass is 9.97. The molecule has 1 rings (SSSR count). The lowest BCUT2D eigenvalue weighted by Gasteiger charge is -2.44. The predicted octanol–water partition coefficient (Wildman–Crippen LogP) is 8.16. The van der Waals surface area contributed by atoms with E-state index >= 15 is 0 Å². The molecule has 0 aliphatic rings. The number of rotatable bonds is 4. The van der Waals surface area contributed by atoms with Crippen molar-refractivity contribution in [3.05, 3.63) is 35.4 Å². The van der Waals surface area contributed by atoms with Crippen LogP contribution in [0.3, 0.4) is 0 Å². The molecule has 126 valence electrons. The Kier molecular flexibility index (Phi) is 7.17. The molecule has 22 heavy (non-hydrogen) atoms. The van der Waals surface area contributed by atoms with E-state index in [1.165, 1.54) is 0 Å². The number of halogens is 9. The van der Waals surface area contributed by atoms with Crippen molar-refractivity contribution in [1.29, 1.82) is 0 Å². The molecule has 0 N–H and O–H groups in total. The van der Waals surface area contributed by atoms with Crippen molar-refractivity contribution in [3.63, 3.8) is 0 Å². The molecule has 0 saturated carbocycles. The van der Waals surface area contributed by atoms with Crippen LogP contribution in [0.1, 0.15) is 30.9 Å². The minimum absolute atomic E-state index is 0.231. The van der Waals surface area contributed by atoms with Crippen LogP contribution in [-0.4, -0.2) is 12.5 Å². The lowest BCUT2D eigenvalue weighted by molar-refractivity contribution is 0.599. The highest BCUT2D eigenvalue weighted by Crippen LogP contribution is 2.65. The van der Waals surface area contributed by atoms with E-state index in [1.54, 1.807) is 18.2 Å². The zero-order valence-electron chi connectivity index (χ0n) is 11.3. The maximum atomic E-state index is 6.38. The third kappa shape index (κ3) is 3.97. The second-order valence-electron chi connectivity index (χ2n) is 5.00. The highest BCUT2D eigenvalue weighted by atomic mass is 35.6. The molecule has 0 amide bonds. The summed E-state index contributed by atoms with van der Waals surface area (Å²) >= 11 is 54.7. The van der Waals surface area contributed by atoms with Gasteiger partial charge in [-0.1, -0.05) is 143 Å². The van der Waals surface area contributed by atoms with E-state index in [-0.39, 0.29) is 5.92 Å². The summed E-state index contributed by atoms with van der Waals surface area (Å²) in [5.74, 6) is 0.231. The molecule has 0 fully saturated rings. The summed E-state index contributed by atoms with van der Waals surface area (Å²) in [5.41, 5.74) is 1.35. The number of hydrogen-bond acceptors (Lipinski definition) is 0. The van der Waals surface area contributed by atoms with Gasteiger partial charge in [-0.25, -0.2) is 0 Å². The molecule has 0 aromatic heterocycles. The van der Waals surface area contributed by atoms with Gasteiger partial charge in [-0.05, 0) is 17.0 Å². The smallest absolute Gasteiger partial charge is 0.0943 e. The van der Waals surface area contributed by atoms with E-state index in [0.717, 1.165) is 5.56 Å². The lowest BCUT2D eigenvalue weighted by Crippen LogP contribution is -2.54. The third-order valence-corrected chi connectivity index (χ3v) is 8.54. The number of alkyl halides is 9. The fourth-order valence-electron chi connectivity index (χ4n) is 1.65. The first-order chi connectivity index (χ1) is 9.66. The standard InChI is InChI=1S/C13H11Cl9/c1-7(2)8-4-3-5-9(6-8)10(14,15)11(16,17)12(18,19)13(20,21)22/h3-7H,1-2H3. The molecule has 0 heterocycles. The number of hydrogen-bond donors (Lipinski definition) is 0. The molecule has 1 aromatic rings. The molecule has 9 heteroatoms. The van der Waals surface area contributed by atoms with Crippen LogP contribution in [0.4, 0.5) is 0 Å². The van der Waals surface area contributed by atoms with Crippen molar-refractivity contribution in [1.82, 2.24) is 0 Å². The normalized spacial score (nSPS) is 14.5. The van der Waals surface area contributed by atoms with Crippen molar-refractivity contribution in [3.8, 4) is 0 Å². The summed E-state index contributed by atoms with van der Waals surface area (Å²) in [6.07, 6.45) is 0. The van der Waals surface area contributed by atoms with E-state index in [9.17, 15) is 0 Å². The van der Waals surface area contributed by atoms with Crippen molar-refractivity contribution in [2.75, 3.05) is 0 Å². The third-order valence-electron chi connectivity index (χ3n) is 3.06. The van der Waals surface area contributed by atoms with Crippen LogP contribution in [-0.2, 0) is 4.33 Å². The van der Waals surface area contributed by atoms with Gasteiger partial charge in [0.2, 0.25) is 8.13 Å². The summed E-state index contributed by atoms with van der Waals surface area (Å²) in [6.45, 7) is 4.01. The molecule has 0 spiro atoms. The Morgan fingerprint density at radius 2 is 1.27 bits per heavy atom. The highest BCUT2D eigenvalue weighted by Gasteiger charge is 2.68. The van der Waals surface area contributed by atoms with Gasteiger partial charge >= 0.3 is 0 Å². The number of benzene rings is 1. The molecule has 0 saturated heterocycles. The molecular formula is C13H11Cl9. The Morgan fingerprint density at radius 3 is 1.68 bits per heavy atom. The second-order valence-corrected chi connectivity index (χ2v) is 11.3. The quantitative estimate of drug-likeness (QED) is 0.377. The van der Waals surface area contributed by atoms with Gasteiger partial charge in [0.05, 0.1) is 0 Å². The van der Waals surface area contributed by atoms with Gasteiger partial charge < -0.3 is 0 Å². The Hall–Kier alpha value is 1.83. The molecule has 0 unspecified atom stereocenters. The fourth-order valence-corrected chi connectivity index (χ4v) is 3.86. The van der Waals surface area contributed by atoms with Crippen LogP contribution >= 0.6 is 104 Å². The summed E-state index contributed by atoms with van der Waals surface area (Å²) in [7, 11) is 0. The second kappa shape index (κ2) is 7.22. The molecule has 0 nitrogen and oxygen atoms in total. The Morgan fingerprint density at radius 1 is 0.773 bits per heavy atom. The van der Waals surface area contributed by atoms with Gasteiger partial charge in [0.15, 0.2) is 8.67 Å². The van der Waals surface area contributed by atoms with Crippen LogP contribution in [0.2, 0.25) is 0 Å².